The van der Waals surface area contributed by atoms with Crippen molar-refractivity contribution in [1.29, 1.82) is 0 Å². The lowest BCUT2D eigenvalue weighted by Gasteiger charge is -2.12. The Balaban J connectivity index is 1.72. The molecule has 5 nitrogen and oxygen atoms in total. The van der Waals surface area contributed by atoms with Gasteiger partial charge in [-0.15, -0.1) is 0 Å². The molecule has 2 atom stereocenters. The van der Waals surface area contributed by atoms with E-state index in [0.29, 0.717) is 6.42 Å². The fourth-order valence-electron chi connectivity index (χ4n) is 2.31. The zero-order valence-corrected chi connectivity index (χ0v) is 11.5. The molecule has 0 aliphatic carbocycles. The Morgan fingerprint density at radius 3 is 2.70 bits per heavy atom. The fourth-order valence-corrected chi connectivity index (χ4v) is 2.31. The molecule has 0 spiro atoms. The van der Waals surface area contributed by atoms with E-state index in [1.165, 1.54) is 7.11 Å². The molecule has 0 saturated carbocycles. The van der Waals surface area contributed by atoms with Crippen molar-refractivity contribution in [2.24, 2.45) is 0 Å². The van der Waals surface area contributed by atoms with Crippen molar-refractivity contribution in [3.05, 3.63) is 35.9 Å². The second kappa shape index (κ2) is 7.05. The van der Waals surface area contributed by atoms with Crippen LogP contribution in [0.2, 0.25) is 0 Å². The fraction of sp³-hybridized carbons (Fsp3) is 0.467. The van der Waals surface area contributed by atoms with Crippen molar-refractivity contribution in [3.63, 3.8) is 0 Å². The Morgan fingerprint density at radius 1 is 1.25 bits per heavy atom. The van der Waals surface area contributed by atoms with Crippen molar-refractivity contribution in [1.82, 2.24) is 5.32 Å². The second-order valence-corrected chi connectivity index (χ2v) is 4.87. The average molecular weight is 277 g/mol. The third kappa shape index (κ3) is 4.06. The normalized spacial score (nSPS) is 21.4. The summed E-state index contributed by atoms with van der Waals surface area (Å²) in [4.78, 5) is 23.1. The first kappa shape index (κ1) is 14.5. The van der Waals surface area contributed by atoms with Crippen LogP contribution in [0, 0.1) is 0 Å². The monoisotopic (exact) mass is 277 g/mol. The Morgan fingerprint density at radius 2 is 2.00 bits per heavy atom. The van der Waals surface area contributed by atoms with Crippen LogP contribution in [0.5, 0.6) is 0 Å². The van der Waals surface area contributed by atoms with Gasteiger partial charge in [0.2, 0.25) is 0 Å². The van der Waals surface area contributed by atoms with E-state index in [0.717, 1.165) is 12.0 Å². The topological polar surface area (TPSA) is 64.6 Å². The molecule has 0 bridgehead atoms. The zero-order chi connectivity index (χ0) is 14.4. The molecule has 1 fully saturated rings. The van der Waals surface area contributed by atoms with Crippen LogP contribution in [0.25, 0.3) is 0 Å². The molecule has 108 valence electrons. The van der Waals surface area contributed by atoms with Crippen molar-refractivity contribution in [3.8, 4) is 0 Å². The molecule has 0 radical (unpaired) electrons. The van der Waals surface area contributed by atoms with Crippen LogP contribution in [0.15, 0.2) is 30.3 Å². The van der Waals surface area contributed by atoms with Crippen LogP contribution in [0.3, 0.4) is 0 Å². The van der Waals surface area contributed by atoms with Crippen LogP contribution in [0.1, 0.15) is 24.8 Å². The van der Waals surface area contributed by atoms with Gasteiger partial charge in [0.1, 0.15) is 12.6 Å². The van der Waals surface area contributed by atoms with E-state index in [-0.39, 0.29) is 37.0 Å². The van der Waals surface area contributed by atoms with E-state index in [1.54, 1.807) is 0 Å². The second-order valence-electron chi connectivity index (χ2n) is 4.87. The van der Waals surface area contributed by atoms with Crippen LogP contribution in [-0.2, 0) is 25.7 Å². The minimum absolute atomic E-state index is 0.0117. The third-order valence-electron chi connectivity index (χ3n) is 3.38. The predicted octanol–water partition coefficient (Wildman–Crippen LogP) is 1.41. The van der Waals surface area contributed by atoms with E-state index < -0.39 is 0 Å². The van der Waals surface area contributed by atoms with Crippen LogP contribution in [-0.4, -0.2) is 31.1 Å². The van der Waals surface area contributed by atoms with E-state index in [4.69, 9.17) is 4.74 Å². The summed E-state index contributed by atoms with van der Waals surface area (Å²) >= 11 is 0. The van der Waals surface area contributed by atoms with Crippen molar-refractivity contribution < 1.29 is 19.1 Å². The van der Waals surface area contributed by atoms with Crippen molar-refractivity contribution in [2.45, 2.75) is 38.0 Å². The quantitative estimate of drug-likeness (QED) is 0.824. The van der Waals surface area contributed by atoms with Gasteiger partial charge in [-0.1, -0.05) is 30.3 Å². The summed E-state index contributed by atoms with van der Waals surface area (Å²) in [5, 5.41) is 3.10. The van der Waals surface area contributed by atoms with Gasteiger partial charge in [-0.3, -0.25) is 9.59 Å². The third-order valence-corrected chi connectivity index (χ3v) is 3.38. The largest absolute Gasteiger partial charge is 0.468 e. The molecule has 1 unspecified atom stereocenters. The molecule has 1 N–H and O–H groups in total. The number of esters is 2. The number of hydrogen-bond donors (Lipinski definition) is 1. The summed E-state index contributed by atoms with van der Waals surface area (Å²) in [5.41, 5.74) is 0.965. The minimum atomic E-state index is -0.299. The first-order valence-corrected chi connectivity index (χ1v) is 6.72. The van der Waals surface area contributed by atoms with Crippen LogP contribution in [0.4, 0.5) is 0 Å². The number of rotatable bonds is 5. The van der Waals surface area contributed by atoms with E-state index in [2.05, 4.69) is 10.1 Å². The first-order chi connectivity index (χ1) is 9.69. The van der Waals surface area contributed by atoms with Gasteiger partial charge in [0.05, 0.1) is 13.5 Å². The molecule has 20 heavy (non-hydrogen) atoms. The summed E-state index contributed by atoms with van der Waals surface area (Å²) in [6.45, 7) is 0.285. The number of carbonyl (C=O) groups is 2. The maximum absolute atomic E-state index is 11.7. The summed E-state index contributed by atoms with van der Waals surface area (Å²) in [6, 6.07) is 9.24. The summed E-state index contributed by atoms with van der Waals surface area (Å²) in [7, 11) is 1.37. The minimum Gasteiger partial charge on any atom is -0.468 e. The van der Waals surface area contributed by atoms with Gasteiger partial charge < -0.3 is 14.8 Å². The first-order valence-electron chi connectivity index (χ1n) is 6.72. The molecule has 1 aliphatic heterocycles. The predicted molar refractivity (Wildman–Crippen MR) is 72.8 cm³/mol. The Labute approximate surface area is 118 Å². The van der Waals surface area contributed by atoms with Gasteiger partial charge in [-0.2, -0.15) is 0 Å². The molecule has 1 saturated heterocycles. The van der Waals surface area contributed by atoms with E-state index >= 15 is 0 Å². The van der Waals surface area contributed by atoms with Gasteiger partial charge in [-0.25, -0.2) is 0 Å². The van der Waals surface area contributed by atoms with Gasteiger partial charge in [0.15, 0.2) is 0 Å². The molecular formula is C15H19NO4. The van der Waals surface area contributed by atoms with E-state index in [1.807, 2.05) is 30.3 Å². The Bertz CT molecular complexity index is 460. The lowest BCUT2D eigenvalue weighted by Crippen LogP contribution is -2.37. The Hall–Kier alpha value is -1.88. The van der Waals surface area contributed by atoms with Gasteiger partial charge >= 0.3 is 11.9 Å². The van der Waals surface area contributed by atoms with Gasteiger partial charge in [0.25, 0.3) is 0 Å². The van der Waals surface area contributed by atoms with Crippen molar-refractivity contribution in [2.75, 3.05) is 7.11 Å². The van der Waals surface area contributed by atoms with E-state index in [9.17, 15) is 9.59 Å². The molecule has 1 heterocycles. The summed E-state index contributed by atoms with van der Waals surface area (Å²) in [6.07, 6.45) is 1.75. The molecule has 2 rings (SSSR count). The lowest BCUT2D eigenvalue weighted by molar-refractivity contribution is -0.146. The molecule has 1 aliphatic rings. The SMILES string of the molecule is COC(=O)[C@@H]1CCC(CC(=O)OCc2ccccc2)N1. The number of benzene rings is 1. The van der Waals surface area contributed by atoms with Gasteiger partial charge in [0, 0.05) is 6.04 Å². The van der Waals surface area contributed by atoms with Gasteiger partial charge in [-0.05, 0) is 18.4 Å². The molecule has 1 aromatic rings. The Kier molecular flexibility index (Phi) is 5.12. The molecular weight excluding hydrogens is 258 g/mol. The standard InChI is InChI=1S/C15H19NO4/c1-19-15(18)13-8-7-12(16-13)9-14(17)20-10-11-5-3-2-4-6-11/h2-6,12-13,16H,7-10H2,1H3/t12?,13-/m0/s1. The highest BCUT2D eigenvalue weighted by atomic mass is 16.5. The average Bonchev–Trinajstić information content (AvgIpc) is 2.94. The highest BCUT2D eigenvalue weighted by Gasteiger charge is 2.31. The molecule has 1 aromatic carbocycles. The highest BCUT2D eigenvalue weighted by Crippen LogP contribution is 2.16. The van der Waals surface area contributed by atoms with Crippen molar-refractivity contribution >= 4 is 11.9 Å². The van der Waals surface area contributed by atoms with Crippen LogP contribution >= 0.6 is 0 Å². The number of nitrogens with one attached hydrogen (secondary N) is 1. The summed E-state index contributed by atoms with van der Waals surface area (Å²) < 4.78 is 9.89. The molecule has 5 heteroatoms. The maximum atomic E-state index is 11.7. The number of carbonyl (C=O) groups excluding carboxylic acids is 2. The number of hydrogen-bond acceptors (Lipinski definition) is 5. The zero-order valence-electron chi connectivity index (χ0n) is 11.5. The maximum Gasteiger partial charge on any atom is 0.322 e. The molecule has 0 amide bonds. The molecule has 0 aromatic heterocycles. The highest BCUT2D eigenvalue weighted by molar-refractivity contribution is 5.76. The lowest BCUT2D eigenvalue weighted by atomic mass is 10.1. The summed E-state index contributed by atoms with van der Waals surface area (Å²) in [5.74, 6) is -0.526. The number of ether oxygens (including phenoxy) is 2. The van der Waals surface area contributed by atoms with Crippen LogP contribution < -0.4 is 5.32 Å². The number of methoxy groups -OCH3 is 1. The smallest absolute Gasteiger partial charge is 0.322 e.